The number of oxime groups is 1. The number of hydrogen-bond donors (Lipinski definition) is 1. The molecule has 96 valence electrons. The second-order valence-electron chi connectivity index (χ2n) is 5.46. The Bertz CT molecular complexity index is 356. The van der Waals surface area contributed by atoms with Crippen LogP contribution in [-0.2, 0) is 9.63 Å². The number of carboxylic acids is 1. The van der Waals surface area contributed by atoms with Crippen LogP contribution >= 0.6 is 0 Å². The first-order valence-corrected chi connectivity index (χ1v) is 5.87. The zero-order chi connectivity index (χ0) is 13.2. The lowest BCUT2D eigenvalue weighted by Crippen LogP contribution is -2.03. The molecule has 1 saturated carbocycles. The van der Waals surface area contributed by atoms with Crippen LogP contribution in [0.4, 0.5) is 0 Å². The van der Waals surface area contributed by atoms with Crippen molar-refractivity contribution >= 4 is 12.2 Å². The Morgan fingerprint density at radius 2 is 2.06 bits per heavy atom. The molecule has 0 saturated heterocycles. The summed E-state index contributed by atoms with van der Waals surface area (Å²) in [5.74, 6) is -0.915. The molecular weight excluding hydrogens is 218 g/mol. The minimum atomic E-state index is -0.723. The number of nitrogens with zero attached hydrogens (tertiary/aromatic N) is 1. The monoisotopic (exact) mass is 239 g/mol. The van der Waals surface area contributed by atoms with Gasteiger partial charge in [0.15, 0.2) is 0 Å². The maximum absolute atomic E-state index is 11.0. The summed E-state index contributed by atoms with van der Waals surface area (Å²) in [5, 5.41) is 12.9. The summed E-state index contributed by atoms with van der Waals surface area (Å²) >= 11 is 0. The summed E-state index contributed by atoms with van der Waals surface area (Å²) in [6, 6.07) is 0. The van der Waals surface area contributed by atoms with Crippen LogP contribution in [0.15, 0.2) is 16.8 Å². The van der Waals surface area contributed by atoms with Crippen LogP contribution in [0.1, 0.15) is 34.6 Å². The molecule has 0 heterocycles. The average molecular weight is 239 g/mol. The van der Waals surface area contributed by atoms with Crippen LogP contribution in [0.2, 0.25) is 0 Å². The van der Waals surface area contributed by atoms with Gasteiger partial charge in [-0.2, -0.15) is 0 Å². The molecule has 17 heavy (non-hydrogen) atoms. The van der Waals surface area contributed by atoms with Crippen LogP contribution in [0.3, 0.4) is 0 Å². The van der Waals surface area contributed by atoms with Gasteiger partial charge in [-0.1, -0.05) is 25.1 Å². The maximum Gasteiger partial charge on any atom is 0.307 e. The van der Waals surface area contributed by atoms with E-state index in [-0.39, 0.29) is 23.4 Å². The first kappa shape index (κ1) is 13.7. The van der Waals surface area contributed by atoms with Crippen molar-refractivity contribution in [2.24, 2.45) is 22.4 Å². The van der Waals surface area contributed by atoms with Crippen molar-refractivity contribution in [3.63, 3.8) is 0 Å². The van der Waals surface area contributed by atoms with Gasteiger partial charge in [0.05, 0.1) is 12.1 Å². The van der Waals surface area contributed by atoms with E-state index in [2.05, 4.69) is 5.16 Å². The second-order valence-corrected chi connectivity index (χ2v) is 5.46. The molecule has 1 aliphatic rings. The largest absolute Gasteiger partial charge is 0.481 e. The molecule has 1 aliphatic carbocycles. The molecule has 0 amide bonds. The molecule has 0 bridgehead atoms. The topological polar surface area (TPSA) is 58.9 Å². The normalized spacial score (nSPS) is 27.5. The molecule has 1 rings (SSSR count). The number of hydrogen-bond acceptors (Lipinski definition) is 3. The van der Waals surface area contributed by atoms with Crippen LogP contribution in [0.25, 0.3) is 0 Å². The van der Waals surface area contributed by atoms with Crippen molar-refractivity contribution in [2.45, 2.75) is 40.7 Å². The molecule has 0 aliphatic heterocycles. The Labute approximate surface area is 102 Å². The highest BCUT2D eigenvalue weighted by Crippen LogP contribution is 2.59. The van der Waals surface area contributed by atoms with Crippen LogP contribution in [0, 0.1) is 17.3 Å². The quantitative estimate of drug-likeness (QED) is 0.592. The summed E-state index contributed by atoms with van der Waals surface area (Å²) in [5.41, 5.74) is 0.785. The highest BCUT2D eigenvalue weighted by Gasteiger charge is 2.60. The Balaban J connectivity index is 2.59. The lowest BCUT2D eigenvalue weighted by atomic mass is 10.1. The van der Waals surface area contributed by atoms with Gasteiger partial charge >= 0.3 is 5.97 Å². The summed E-state index contributed by atoms with van der Waals surface area (Å²) in [4.78, 5) is 16.0. The molecule has 1 fully saturated rings. The fourth-order valence-corrected chi connectivity index (χ4v) is 2.02. The van der Waals surface area contributed by atoms with Crippen LogP contribution in [-0.4, -0.2) is 23.4 Å². The smallest absolute Gasteiger partial charge is 0.307 e. The molecule has 4 heteroatoms. The SMILES string of the molecule is CC(=CC1C(C(=O)O)C1(C)C)/C=N/OC(C)C. The number of carbonyl (C=O) groups is 1. The zero-order valence-electron chi connectivity index (χ0n) is 11.1. The Morgan fingerprint density at radius 1 is 1.47 bits per heavy atom. The Hall–Kier alpha value is -1.32. The average Bonchev–Trinajstić information content (AvgIpc) is 2.67. The molecule has 0 radical (unpaired) electrons. The van der Waals surface area contributed by atoms with Crippen molar-refractivity contribution in [1.29, 1.82) is 0 Å². The molecule has 0 aromatic heterocycles. The molecule has 0 aromatic carbocycles. The van der Waals surface area contributed by atoms with E-state index in [9.17, 15) is 4.79 Å². The third-order valence-electron chi connectivity index (χ3n) is 3.15. The van der Waals surface area contributed by atoms with Gasteiger partial charge in [-0.05, 0) is 37.7 Å². The van der Waals surface area contributed by atoms with Crippen molar-refractivity contribution < 1.29 is 14.7 Å². The summed E-state index contributed by atoms with van der Waals surface area (Å²) < 4.78 is 0. The molecule has 4 nitrogen and oxygen atoms in total. The summed E-state index contributed by atoms with van der Waals surface area (Å²) in [6.45, 7) is 9.66. The predicted octanol–water partition coefficient (Wildman–Crippen LogP) is 2.70. The highest BCUT2D eigenvalue weighted by atomic mass is 16.6. The fourth-order valence-electron chi connectivity index (χ4n) is 2.02. The Kier molecular flexibility index (Phi) is 3.96. The maximum atomic E-state index is 11.0. The van der Waals surface area contributed by atoms with E-state index in [1.165, 1.54) is 0 Å². The van der Waals surface area contributed by atoms with E-state index < -0.39 is 5.97 Å². The van der Waals surface area contributed by atoms with E-state index in [1.807, 2.05) is 40.7 Å². The molecule has 0 spiro atoms. The van der Waals surface area contributed by atoms with Gasteiger partial charge in [0.1, 0.15) is 6.10 Å². The van der Waals surface area contributed by atoms with E-state index >= 15 is 0 Å². The molecule has 2 atom stereocenters. The van der Waals surface area contributed by atoms with Gasteiger partial charge in [-0.15, -0.1) is 0 Å². The first-order valence-electron chi connectivity index (χ1n) is 5.87. The summed E-state index contributed by atoms with van der Waals surface area (Å²) in [6.07, 6.45) is 3.66. The number of carboxylic acid groups (broad SMARTS) is 1. The van der Waals surface area contributed by atoms with E-state index in [4.69, 9.17) is 9.94 Å². The van der Waals surface area contributed by atoms with Crippen LogP contribution < -0.4 is 0 Å². The van der Waals surface area contributed by atoms with Gasteiger partial charge in [-0.3, -0.25) is 4.79 Å². The summed E-state index contributed by atoms with van der Waals surface area (Å²) in [7, 11) is 0. The van der Waals surface area contributed by atoms with E-state index in [1.54, 1.807) is 6.21 Å². The van der Waals surface area contributed by atoms with E-state index in [0.29, 0.717) is 0 Å². The minimum absolute atomic E-state index is 0.0585. The van der Waals surface area contributed by atoms with Crippen LogP contribution in [0.5, 0.6) is 0 Å². The first-order chi connectivity index (χ1) is 7.76. The predicted molar refractivity (Wildman–Crippen MR) is 66.9 cm³/mol. The molecule has 1 N–H and O–H groups in total. The lowest BCUT2D eigenvalue weighted by Gasteiger charge is -2.00. The number of rotatable bonds is 5. The van der Waals surface area contributed by atoms with E-state index in [0.717, 1.165) is 5.57 Å². The molecule has 2 unspecified atom stereocenters. The highest BCUT2D eigenvalue weighted by molar-refractivity contribution is 5.80. The van der Waals surface area contributed by atoms with Gasteiger partial charge < -0.3 is 9.94 Å². The minimum Gasteiger partial charge on any atom is -0.481 e. The molecule has 0 aromatic rings. The zero-order valence-corrected chi connectivity index (χ0v) is 11.1. The van der Waals surface area contributed by atoms with Crippen molar-refractivity contribution in [3.05, 3.63) is 11.6 Å². The third-order valence-corrected chi connectivity index (χ3v) is 3.15. The van der Waals surface area contributed by atoms with Gasteiger partial charge in [0.2, 0.25) is 0 Å². The van der Waals surface area contributed by atoms with Gasteiger partial charge in [-0.25, -0.2) is 0 Å². The Morgan fingerprint density at radius 3 is 2.47 bits per heavy atom. The van der Waals surface area contributed by atoms with Crippen molar-refractivity contribution in [3.8, 4) is 0 Å². The third kappa shape index (κ3) is 3.32. The molecular formula is C13H21NO3. The van der Waals surface area contributed by atoms with Gasteiger partial charge in [0, 0.05) is 0 Å². The standard InChI is InChI=1S/C13H21NO3/c1-8(2)17-14-7-9(3)6-10-11(12(15)16)13(10,4)5/h6-8,10-11H,1-5H3,(H,15,16)/b9-6?,14-7+. The van der Waals surface area contributed by atoms with Crippen molar-refractivity contribution in [2.75, 3.05) is 0 Å². The number of aliphatic carboxylic acids is 1. The number of allylic oxidation sites excluding steroid dienone is 2. The fraction of sp³-hybridized carbons (Fsp3) is 0.692. The lowest BCUT2D eigenvalue weighted by molar-refractivity contribution is -0.139. The second kappa shape index (κ2) is 4.90. The van der Waals surface area contributed by atoms with Gasteiger partial charge in [0.25, 0.3) is 0 Å². The van der Waals surface area contributed by atoms with Crippen molar-refractivity contribution in [1.82, 2.24) is 0 Å².